The molecule has 7 nitrogen and oxygen atoms in total. The molecule has 1 fully saturated rings. The molecule has 154 valence electrons. The van der Waals surface area contributed by atoms with Gasteiger partial charge in [0.2, 0.25) is 0 Å². The van der Waals surface area contributed by atoms with Crippen LogP contribution >= 0.6 is 0 Å². The lowest BCUT2D eigenvalue weighted by Gasteiger charge is -2.32. The molecule has 2 N–H and O–H groups in total. The number of aromatic hydroxyl groups is 1. The number of hydrogen-bond acceptors (Lipinski definition) is 5. The maximum absolute atomic E-state index is 12.4. The van der Waals surface area contributed by atoms with Gasteiger partial charge in [0, 0.05) is 19.1 Å². The zero-order valence-electron chi connectivity index (χ0n) is 16.5. The van der Waals surface area contributed by atoms with Gasteiger partial charge >= 0.3 is 0 Å². The van der Waals surface area contributed by atoms with Crippen molar-refractivity contribution in [2.45, 2.75) is 25.8 Å². The number of amides is 2. The average molecular weight is 398 g/mol. The van der Waals surface area contributed by atoms with Crippen molar-refractivity contribution in [1.82, 2.24) is 10.2 Å². The van der Waals surface area contributed by atoms with Gasteiger partial charge in [-0.2, -0.15) is 0 Å². The Morgan fingerprint density at radius 1 is 1.03 bits per heavy atom. The van der Waals surface area contributed by atoms with Crippen LogP contribution in [0.15, 0.2) is 48.5 Å². The van der Waals surface area contributed by atoms with Crippen molar-refractivity contribution in [3.05, 3.63) is 54.1 Å². The SMILES string of the molecule is CCOc1ccc(OCC(=O)N2CCC(NC(=O)c3ccccc3O)CC2)cc1. The van der Waals surface area contributed by atoms with Gasteiger partial charge in [-0.25, -0.2) is 0 Å². The smallest absolute Gasteiger partial charge is 0.260 e. The summed E-state index contributed by atoms with van der Waals surface area (Å²) in [6, 6.07) is 13.6. The fraction of sp³-hybridized carbons (Fsp3) is 0.364. The van der Waals surface area contributed by atoms with Gasteiger partial charge in [0.05, 0.1) is 12.2 Å². The van der Waals surface area contributed by atoms with Gasteiger partial charge in [0.25, 0.3) is 11.8 Å². The molecule has 0 radical (unpaired) electrons. The summed E-state index contributed by atoms with van der Waals surface area (Å²) in [5, 5.41) is 12.7. The molecule has 0 aromatic heterocycles. The second kappa shape index (κ2) is 9.82. The van der Waals surface area contributed by atoms with Crippen LogP contribution in [0, 0.1) is 0 Å². The molecule has 0 aliphatic carbocycles. The largest absolute Gasteiger partial charge is 0.507 e. The van der Waals surface area contributed by atoms with Crippen molar-refractivity contribution < 1.29 is 24.2 Å². The topological polar surface area (TPSA) is 88.1 Å². The number of phenols is 1. The molecule has 2 aromatic rings. The summed E-state index contributed by atoms with van der Waals surface area (Å²) in [7, 11) is 0. The fourth-order valence-corrected chi connectivity index (χ4v) is 3.24. The molecule has 3 rings (SSSR count). The predicted molar refractivity (Wildman–Crippen MR) is 108 cm³/mol. The number of phenolic OH excluding ortho intramolecular Hbond substituents is 1. The van der Waals surface area contributed by atoms with E-state index in [-0.39, 0.29) is 35.8 Å². The van der Waals surface area contributed by atoms with Crippen LogP contribution in [0.25, 0.3) is 0 Å². The van der Waals surface area contributed by atoms with E-state index in [4.69, 9.17) is 9.47 Å². The summed E-state index contributed by atoms with van der Waals surface area (Å²) >= 11 is 0. The first kappa shape index (κ1) is 20.5. The molecule has 0 unspecified atom stereocenters. The number of benzene rings is 2. The molecule has 2 amide bonds. The third kappa shape index (κ3) is 5.63. The molecule has 1 heterocycles. The molecule has 1 aliphatic rings. The maximum Gasteiger partial charge on any atom is 0.260 e. The molecule has 1 aliphatic heterocycles. The number of likely N-dealkylation sites (tertiary alicyclic amines) is 1. The fourth-order valence-electron chi connectivity index (χ4n) is 3.24. The zero-order chi connectivity index (χ0) is 20.6. The molecular formula is C22H26N2O5. The number of carbonyl (C=O) groups excluding carboxylic acids is 2. The highest BCUT2D eigenvalue weighted by Gasteiger charge is 2.25. The van der Waals surface area contributed by atoms with Gasteiger partial charge in [0.15, 0.2) is 6.61 Å². The molecule has 2 aromatic carbocycles. The quantitative estimate of drug-likeness (QED) is 0.749. The minimum absolute atomic E-state index is 0.0249. The lowest BCUT2D eigenvalue weighted by molar-refractivity contribution is -0.134. The Morgan fingerprint density at radius 2 is 1.66 bits per heavy atom. The molecule has 0 bridgehead atoms. The standard InChI is InChI=1S/C22H26N2O5/c1-2-28-17-7-9-18(10-8-17)29-15-21(26)24-13-11-16(12-14-24)23-22(27)19-5-3-4-6-20(19)25/h3-10,16,25H,2,11-15H2,1H3,(H,23,27). The van der Waals surface area contributed by atoms with Gasteiger partial charge in [-0.15, -0.1) is 0 Å². The van der Waals surface area contributed by atoms with Crippen LogP contribution in [0.4, 0.5) is 0 Å². The van der Waals surface area contributed by atoms with Crippen LogP contribution in [0.5, 0.6) is 17.2 Å². The first-order valence-electron chi connectivity index (χ1n) is 9.79. The van der Waals surface area contributed by atoms with Crippen molar-refractivity contribution in [2.24, 2.45) is 0 Å². The summed E-state index contributed by atoms with van der Waals surface area (Å²) in [5.41, 5.74) is 0.259. The van der Waals surface area contributed by atoms with Crippen LogP contribution in [0.3, 0.4) is 0 Å². The first-order chi connectivity index (χ1) is 14.1. The average Bonchev–Trinajstić information content (AvgIpc) is 2.74. The maximum atomic E-state index is 12.4. The van der Waals surface area contributed by atoms with Gasteiger partial charge < -0.3 is 24.8 Å². The van der Waals surface area contributed by atoms with Crippen LogP contribution in [0.1, 0.15) is 30.1 Å². The molecule has 29 heavy (non-hydrogen) atoms. The lowest BCUT2D eigenvalue weighted by atomic mass is 10.0. The second-order valence-corrected chi connectivity index (χ2v) is 6.84. The van der Waals surface area contributed by atoms with Gasteiger partial charge in [0.1, 0.15) is 17.2 Å². The normalized spacial score (nSPS) is 14.3. The Bertz CT molecular complexity index is 829. The third-order valence-electron chi connectivity index (χ3n) is 4.83. The van der Waals surface area contributed by atoms with Crippen molar-refractivity contribution in [2.75, 3.05) is 26.3 Å². The van der Waals surface area contributed by atoms with E-state index in [2.05, 4.69) is 5.32 Å². The number of hydrogen-bond donors (Lipinski definition) is 2. The molecule has 0 saturated carbocycles. The molecule has 0 spiro atoms. The van der Waals surface area contributed by atoms with Crippen molar-refractivity contribution >= 4 is 11.8 Å². The molecule has 7 heteroatoms. The molecular weight excluding hydrogens is 372 g/mol. The van der Waals surface area contributed by atoms with E-state index in [1.165, 1.54) is 6.07 Å². The van der Waals surface area contributed by atoms with E-state index in [0.717, 1.165) is 5.75 Å². The Kier molecular flexibility index (Phi) is 6.94. The number of nitrogens with one attached hydrogen (secondary N) is 1. The van der Waals surface area contributed by atoms with E-state index in [1.807, 2.05) is 19.1 Å². The Morgan fingerprint density at radius 3 is 2.28 bits per heavy atom. The third-order valence-corrected chi connectivity index (χ3v) is 4.83. The molecule has 0 atom stereocenters. The summed E-state index contributed by atoms with van der Waals surface area (Å²) in [5.74, 6) is 0.964. The monoisotopic (exact) mass is 398 g/mol. The van der Waals surface area contributed by atoms with Crippen LogP contribution < -0.4 is 14.8 Å². The number of para-hydroxylation sites is 1. The highest BCUT2D eigenvalue weighted by atomic mass is 16.5. The number of piperidine rings is 1. The van der Waals surface area contributed by atoms with Crippen LogP contribution in [0.2, 0.25) is 0 Å². The highest BCUT2D eigenvalue weighted by Crippen LogP contribution is 2.19. The summed E-state index contributed by atoms with van der Waals surface area (Å²) in [6.45, 7) is 3.60. The van der Waals surface area contributed by atoms with Crippen LogP contribution in [-0.4, -0.2) is 54.2 Å². The van der Waals surface area contributed by atoms with E-state index >= 15 is 0 Å². The summed E-state index contributed by atoms with van der Waals surface area (Å²) < 4.78 is 11.0. The first-order valence-corrected chi connectivity index (χ1v) is 9.79. The van der Waals surface area contributed by atoms with Gasteiger partial charge in [-0.05, 0) is 56.2 Å². The number of nitrogens with zero attached hydrogens (tertiary/aromatic N) is 1. The van der Waals surface area contributed by atoms with Gasteiger partial charge in [-0.1, -0.05) is 12.1 Å². The van der Waals surface area contributed by atoms with Gasteiger partial charge in [-0.3, -0.25) is 9.59 Å². The van der Waals surface area contributed by atoms with E-state index in [1.54, 1.807) is 35.2 Å². The lowest BCUT2D eigenvalue weighted by Crippen LogP contribution is -2.47. The Hall–Kier alpha value is -3.22. The minimum atomic E-state index is -0.299. The summed E-state index contributed by atoms with van der Waals surface area (Å²) in [4.78, 5) is 26.4. The van der Waals surface area contributed by atoms with E-state index in [9.17, 15) is 14.7 Å². The van der Waals surface area contributed by atoms with Crippen LogP contribution in [-0.2, 0) is 4.79 Å². The van der Waals surface area contributed by atoms with Crippen molar-refractivity contribution in [3.8, 4) is 17.2 Å². The second-order valence-electron chi connectivity index (χ2n) is 6.84. The highest BCUT2D eigenvalue weighted by molar-refractivity contribution is 5.96. The van der Waals surface area contributed by atoms with Crippen molar-refractivity contribution in [1.29, 1.82) is 0 Å². The van der Waals surface area contributed by atoms with E-state index in [0.29, 0.717) is 38.3 Å². The Balaban J connectivity index is 1.42. The Labute approximate surface area is 170 Å². The number of carbonyl (C=O) groups is 2. The number of ether oxygens (including phenoxy) is 2. The summed E-state index contributed by atoms with van der Waals surface area (Å²) in [6.07, 6.45) is 1.32. The van der Waals surface area contributed by atoms with Crippen molar-refractivity contribution in [3.63, 3.8) is 0 Å². The van der Waals surface area contributed by atoms with E-state index < -0.39 is 0 Å². The number of rotatable bonds is 7. The molecule has 1 saturated heterocycles. The predicted octanol–water partition coefficient (Wildman–Crippen LogP) is 2.59. The zero-order valence-corrected chi connectivity index (χ0v) is 16.5. The minimum Gasteiger partial charge on any atom is -0.507 e.